The average Bonchev–Trinajstić information content (AvgIpc) is 2.76. The number of nitrogens with zero attached hydrogens (tertiary/aromatic N) is 1. The summed E-state index contributed by atoms with van der Waals surface area (Å²) in [4.78, 5) is 27.7. The Morgan fingerprint density at radius 1 is 1.19 bits per heavy atom. The monoisotopic (exact) mass is 351 g/mol. The van der Waals surface area contributed by atoms with Gasteiger partial charge >= 0.3 is 0 Å². The van der Waals surface area contributed by atoms with Crippen molar-refractivity contribution in [3.63, 3.8) is 0 Å². The molecule has 0 spiro atoms. The van der Waals surface area contributed by atoms with Crippen LogP contribution in [0.15, 0.2) is 28.7 Å². The SMILES string of the molecule is C[C@@H]1CCCC[NH+]1[C@@H]1CC(=O)N(c2ccc(Br)cc2)C1=O. The number of imide groups is 1. The number of carbonyl (C=O) groups is 2. The highest BCUT2D eigenvalue weighted by atomic mass is 79.9. The van der Waals surface area contributed by atoms with Crippen molar-refractivity contribution >= 4 is 33.4 Å². The van der Waals surface area contributed by atoms with Gasteiger partial charge in [0.05, 0.1) is 24.7 Å². The van der Waals surface area contributed by atoms with Gasteiger partial charge in [-0.3, -0.25) is 9.59 Å². The fourth-order valence-electron chi connectivity index (χ4n) is 3.51. The van der Waals surface area contributed by atoms with E-state index in [0.717, 1.165) is 23.9 Å². The largest absolute Gasteiger partial charge is 0.322 e. The van der Waals surface area contributed by atoms with Crippen molar-refractivity contribution in [1.82, 2.24) is 0 Å². The Labute approximate surface area is 133 Å². The van der Waals surface area contributed by atoms with E-state index in [4.69, 9.17) is 0 Å². The van der Waals surface area contributed by atoms with Crippen LogP contribution in [0, 0.1) is 0 Å². The van der Waals surface area contributed by atoms with E-state index in [1.807, 2.05) is 24.3 Å². The van der Waals surface area contributed by atoms with Crippen LogP contribution in [0.3, 0.4) is 0 Å². The molecule has 1 unspecified atom stereocenters. The van der Waals surface area contributed by atoms with E-state index in [2.05, 4.69) is 22.9 Å². The van der Waals surface area contributed by atoms with E-state index >= 15 is 0 Å². The first-order chi connectivity index (χ1) is 10.1. The third-order valence-corrected chi connectivity index (χ3v) is 5.19. The Kier molecular flexibility index (Phi) is 4.13. The molecule has 5 heteroatoms. The third-order valence-electron chi connectivity index (χ3n) is 4.66. The summed E-state index contributed by atoms with van der Waals surface area (Å²) in [6.07, 6.45) is 3.87. The van der Waals surface area contributed by atoms with Gasteiger partial charge in [-0.25, -0.2) is 4.90 Å². The Morgan fingerprint density at radius 3 is 2.57 bits per heavy atom. The van der Waals surface area contributed by atoms with Crippen LogP contribution in [0.2, 0.25) is 0 Å². The van der Waals surface area contributed by atoms with Gasteiger partial charge in [0.25, 0.3) is 5.91 Å². The van der Waals surface area contributed by atoms with Gasteiger partial charge in [-0.05, 0) is 50.5 Å². The number of benzene rings is 1. The van der Waals surface area contributed by atoms with E-state index in [0.29, 0.717) is 18.2 Å². The van der Waals surface area contributed by atoms with Gasteiger partial charge in [0, 0.05) is 4.47 Å². The Morgan fingerprint density at radius 2 is 1.90 bits per heavy atom. The van der Waals surface area contributed by atoms with Crippen LogP contribution in [0.25, 0.3) is 0 Å². The lowest BCUT2D eigenvalue weighted by Gasteiger charge is -2.33. The molecule has 2 aliphatic heterocycles. The molecule has 4 nitrogen and oxygen atoms in total. The minimum Gasteiger partial charge on any atom is -0.322 e. The maximum atomic E-state index is 12.7. The van der Waals surface area contributed by atoms with Crippen LogP contribution in [-0.4, -0.2) is 30.4 Å². The summed E-state index contributed by atoms with van der Waals surface area (Å²) in [6.45, 7) is 3.19. The highest BCUT2D eigenvalue weighted by molar-refractivity contribution is 9.10. The summed E-state index contributed by atoms with van der Waals surface area (Å²) in [6, 6.07) is 7.62. The van der Waals surface area contributed by atoms with Crippen LogP contribution in [0.5, 0.6) is 0 Å². The quantitative estimate of drug-likeness (QED) is 0.821. The number of anilines is 1. The zero-order chi connectivity index (χ0) is 15.0. The third kappa shape index (κ3) is 2.77. The van der Waals surface area contributed by atoms with Gasteiger partial charge in [-0.1, -0.05) is 15.9 Å². The summed E-state index contributed by atoms with van der Waals surface area (Å²) in [5, 5.41) is 0. The van der Waals surface area contributed by atoms with Gasteiger partial charge in [0.2, 0.25) is 5.91 Å². The van der Waals surface area contributed by atoms with E-state index in [9.17, 15) is 9.59 Å². The molecule has 2 aliphatic rings. The summed E-state index contributed by atoms with van der Waals surface area (Å²) >= 11 is 3.37. The second kappa shape index (κ2) is 5.89. The molecule has 2 heterocycles. The van der Waals surface area contributed by atoms with Crippen LogP contribution in [-0.2, 0) is 9.59 Å². The Hall–Kier alpha value is -1.20. The molecule has 2 amide bonds. The minimum atomic E-state index is -0.198. The lowest BCUT2D eigenvalue weighted by atomic mass is 10.0. The summed E-state index contributed by atoms with van der Waals surface area (Å²) in [7, 11) is 0. The number of piperidine rings is 1. The van der Waals surface area contributed by atoms with Crippen LogP contribution in [0.4, 0.5) is 5.69 Å². The van der Waals surface area contributed by atoms with Gasteiger partial charge in [-0.15, -0.1) is 0 Å². The topological polar surface area (TPSA) is 41.8 Å². The van der Waals surface area contributed by atoms with Gasteiger partial charge in [0.1, 0.15) is 0 Å². The first-order valence-corrected chi connectivity index (χ1v) is 8.35. The van der Waals surface area contributed by atoms with Crippen molar-refractivity contribution in [3.8, 4) is 0 Å². The first-order valence-electron chi connectivity index (χ1n) is 7.56. The number of quaternary nitrogens is 1. The van der Waals surface area contributed by atoms with E-state index in [-0.39, 0.29) is 17.9 Å². The van der Waals surface area contributed by atoms with Crippen molar-refractivity contribution in [2.75, 3.05) is 11.4 Å². The maximum absolute atomic E-state index is 12.7. The normalized spacial score (nSPS) is 30.0. The molecule has 112 valence electrons. The predicted molar refractivity (Wildman–Crippen MR) is 84.2 cm³/mol. The first kappa shape index (κ1) is 14.7. The molecule has 0 aliphatic carbocycles. The molecule has 0 saturated carbocycles. The number of hydrogen-bond donors (Lipinski definition) is 1. The zero-order valence-corrected chi connectivity index (χ0v) is 13.7. The second-order valence-corrected chi connectivity index (χ2v) is 6.94. The lowest BCUT2D eigenvalue weighted by Crippen LogP contribution is -3.20. The number of amides is 2. The van der Waals surface area contributed by atoms with Crippen LogP contribution < -0.4 is 9.80 Å². The molecule has 2 fully saturated rings. The minimum absolute atomic E-state index is 0.0360. The molecule has 0 bridgehead atoms. The molecule has 0 radical (unpaired) electrons. The zero-order valence-electron chi connectivity index (χ0n) is 12.1. The van der Waals surface area contributed by atoms with Gasteiger partial charge in [0.15, 0.2) is 6.04 Å². The van der Waals surface area contributed by atoms with E-state index in [1.165, 1.54) is 16.2 Å². The maximum Gasteiger partial charge on any atom is 0.292 e. The molecule has 3 rings (SSSR count). The van der Waals surface area contributed by atoms with E-state index in [1.54, 1.807) is 0 Å². The van der Waals surface area contributed by atoms with Crippen molar-refractivity contribution in [2.24, 2.45) is 0 Å². The van der Waals surface area contributed by atoms with E-state index < -0.39 is 0 Å². The number of carbonyl (C=O) groups excluding carboxylic acids is 2. The molecular formula is C16H20BrN2O2+. The Balaban J connectivity index is 1.83. The second-order valence-electron chi connectivity index (χ2n) is 6.02. The number of rotatable bonds is 2. The molecule has 1 aromatic rings. The summed E-state index contributed by atoms with van der Waals surface area (Å²) < 4.78 is 0.942. The lowest BCUT2D eigenvalue weighted by molar-refractivity contribution is -0.942. The fraction of sp³-hybridized carbons (Fsp3) is 0.500. The van der Waals surface area contributed by atoms with Crippen molar-refractivity contribution < 1.29 is 14.5 Å². The van der Waals surface area contributed by atoms with Gasteiger partial charge in [-0.2, -0.15) is 0 Å². The summed E-state index contributed by atoms with van der Waals surface area (Å²) in [5.74, 6) is -0.108. The highest BCUT2D eigenvalue weighted by Crippen LogP contribution is 2.24. The Bertz CT molecular complexity index is 558. The van der Waals surface area contributed by atoms with Crippen LogP contribution in [0.1, 0.15) is 32.6 Å². The highest BCUT2D eigenvalue weighted by Gasteiger charge is 2.47. The number of hydrogen-bond acceptors (Lipinski definition) is 2. The number of likely N-dealkylation sites (tertiary alicyclic amines) is 1. The predicted octanol–water partition coefficient (Wildman–Crippen LogP) is 1.54. The van der Waals surface area contributed by atoms with Crippen molar-refractivity contribution in [2.45, 2.75) is 44.7 Å². The fourth-order valence-corrected chi connectivity index (χ4v) is 3.78. The molecule has 21 heavy (non-hydrogen) atoms. The van der Waals surface area contributed by atoms with Crippen molar-refractivity contribution in [3.05, 3.63) is 28.7 Å². The average molecular weight is 352 g/mol. The summed E-state index contributed by atoms with van der Waals surface area (Å²) in [5.41, 5.74) is 0.680. The smallest absolute Gasteiger partial charge is 0.292 e. The number of nitrogens with one attached hydrogen (secondary N) is 1. The van der Waals surface area contributed by atoms with Crippen LogP contribution >= 0.6 is 15.9 Å². The van der Waals surface area contributed by atoms with Crippen molar-refractivity contribution in [1.29, 1.82) is 0 Å². The molecule has 3 atom stereocenters. The molecular weight excluding hydrogens is 332 g/mol. The molecule has 1 N–H and O–H groups in total. The molecule has 1 aromatic carbocycles. The molecule has 2 saturated heterocycles. The van der Waals surface area contributed by atoms with Gasteiger partial charge < -0.3 is 4.90 Å². The molecule has 0 aromatic heterocycles. The standard InChI is InChI=1S/C16H19BrN2O2/c1-11-4-2-3-9-18(11)14-10-15(20)19(16(14)21)13-7-5-12(17)6-8-13/h5-8,11,14H,2-4,9-10H2,1H3/p+1/t11-,14-/m1/s1. The number of halogens is 1.